The van der Waals surface area contributed by atoms with Crippen molar-refractivity contribution in [3.8, 4) is 5.69 Å². The summed E-state index contributed by atoms with van der Waals surface area (Å²) in [4.78, 5) is 23.3. The number of hydrogen-bond acceptors (Lipinski definition) is 3. The molecule has 12 heteroatoms. The molecule has 0 saturated heterocycles. The molecule has 0 spiro atoms. The lowest BCUT2D eigenvalue weighted by molar-refractivity contribution is -0.143. The molecule has 0 aliphatic carbocycles. The fraction of sp³-hybridized carbons (Fsp3) is 0.312. The standard InChI is InChI=1S/C16H14F6N4O2/c1-9-2-4-10(5-3-9)26-13(16(20,21)22)11(6-25-26)14(28)23-7-12(27)24-8-15(17,18)19/h2-6H,7-8H2,1H3,(H,23,28)(H,24,27). The minimum atomic E-state index is -4.95. The lowest BCUT2D eigenvalue weighted by Crippen LogP contribution is -2.41. The smallest absolute Gasteiger partial charge is 0.345 e. The molecule has 0 bridgehead atoms. The number of amides is 2. The summed E-state index contributed by atoms with van der Waals surface area (Å²) in [6, 6.07) is 5.87. The highest BCUT2D eigenvalue weighted by Gasteiger charge is 2.40. The maximum Gasteiger partial charge on any atom is 0.434 e. The van der Waals surface area contributed by atoms with Gasteiger partial charge in [-0.25, -0.2) is 4.68 Å². The molecular formula is C16H14F6N4O2. The van der Waals surface area contributed by atoms with E-state index in [4.69, 9.17) is 0 Å². The fourth-order valence-corrected chi connectivity index (χ4v) is 2.19. The minimum absolute atomic E-state index is 0.0555. The first kappa shape index (κ1) is 21.3. The largest absolute Gasteiger partial charge is 0.434 e. The highest BCUT2D eigenvalue weighted by molar-refractivity contribution is 5.97. The Morgan fingerprint density at radius 1 is 1.04 bits per heavy atom. The summed E-state index contributed by atoms with van der Waals surface area (Å²) in [6.45, 7) is -0.816. The second-order valence-corrected chi connectivity index (χ2v) is 5.73. The van der Waals surface area contributed by atoms with Gasteiger partial charge in [-0.15, -0.1) is 0 Å². The second kappa shape index (κ2) is 7.90. The molecule has 0 atom stereocenters. The molecule has 1 aromatic heterocycles. The van der Waals surface area contributed by atoms with Gasteiger partial charge in [0.05, 0.1) is 24.0 Å². The molecule has 0 radical (unpaired) electrons. The quantitative estimate of drug-likeness (QED) is 0.747. The number of rotatable bonds is 5. The van der Waals surface area contributed by atoms with Crippen LogP contribution in [0.5, 0.6) is 0 Å². The van der Waals surface area contributed by atoms with Gasteiger partial charge in [0.25, 0.3) is 5.91 Å². The molecular weight excluding hydrogens is 394 g/mol. The zero-order chi connectivity index (χ0) is 21.1. The van der Waals surface area contributed by atoms with Crippen molar-refractivity contribution >= 4 is 11.8 Å². The molecule has 6 nitrogen and oxygen atoms in total. The van der Waals surface area contributed by atoms with E-state index in [1.165, 1.54) is 17.4 Å². The van der Waals surface area contributed by atoms with Crippen molar-refractivity contribution in [2.75, 3.05) is 13.1 Å². The van der Waals surface area contributed by atoms with Crippen LogP contribution in [-0.2, 0) is 11.0 Å². The van der Waals surface area contributed by atoms with Gasteiger partial charge in [0.2, 0.25) is 5.91 Å². The molecule has 1 heterocycles. The summed E-state index contributed by atoms with van der Waals surface area (Å²) in [7, 11) is 0. The number of aryl methyl sites for hydroxylation is 1. The van der Waals surface area contributed by atoms with Crippen molar-refractivity contribution in [1.29, 1.82) is 0 Å². The van der Waals surface area contributed by atoms with E-state index in [1.807, 2.05) is 5.32 Å². The van der Waals surface area contributed by atoms with E-state index in [9.17, 15) is 35.9 Å². The molecule has 152 valence electrons. The lowest BCUT2D eigenvalue weighted by Gasteiger charge is -2.13. The van der Waals surface area contributed by atoms with Crippen LogP contribution in [0.15, 0.2) is 30.5 Å². The van der Waals surface area contributed by atoms with Gasteiger partial charge in [-0.3, -0.25) is 9.59 Å². The van der Waals surface area contributed by atoms with E-state index in [0.29, 0.717) is 10.9 Å². The third kappa shape index (κ3) is 5.47. The van der Waals surface area contributed by atoms with E-state index in [2.05, 4.69) is 5.10 Å². The van der Waals surface area contributed by atoms with Gasteiger partial charge >= 0.3 is 12.4 Å². The number of carbonyl (C=O) groups is 2. The summed E-state index contributed by atoms with van der Waals surface area (Å²) in [5.74, 6) is -2.50. The first-order valence-electron chi connectivity index (χ1n) is 7.72. The Balaban J connectivity index is 2.20. The normalized spacial score (nSPS) is 12.0. The van der Waals surface area contributed by atoms with E-state index in [-0.39, 0.29) is 5.69 Å². The number of carbonyl (C=O) groups excluding carboxylic acids is 2. The highest BCUT2D eigenvalue weighted by Crippen LogP contribution is 2.33. The van der Waals surface area contributed by atoms with Gasteiger partial charge < -0.3 is 10.6 Å². The van der Waals surface area contributed by atoms with E-state index in [1.54, 1.807) is 19.1 Å². The van der Waals surface area contributed by atoms with Gasteiger partial charge in [0, 0.05) is 0 Å². The van der Waals surface area contributed by atoms with Crippen LogP contribution in [0.3, 0.4) is 0 Å². The first-order chi connectivity index (χ1) is 12.9. The number of hydrogen-bond donors (Lipinski definition) is 2. The van der Waals surface area contributed by atoms with Crippen LogP contribution in [-0.4, -0.2) is 40.9 Å². The van der Waals surface area contributed by atoms with Crippen LogP contribution in [0.25, 0.3) is 5.69 Å². The predicted octanol–water partition coefficient (Wildman–Crippen LogP) is 2.61. The molecule has 0 saturated carbocycles. The second-order valence-electron chi connectivity index (χ2n) is 5.73. The van der Waals surface area contributed by atoms with Crippen LogP contribution in [0.2, 0.25) is 0 Å². The van der Waals surface area contributed by atoms with Crippen molar-refractivity contribution in [1.82, 2.24) is 20.4 Å². The molecule has 0 fully saturated rings. The summed E-state index contributed by atoms with van der Waals surface area (Å²) in [5.41, 5.74) is -1.38. The van der Waals surface area contributed by atoms with E-state index >= 15 is 0 Å². The first-order valence-corrected chi connectivity index (χ1v) is 7.72. The molecule has 2 rings (SSSR count). The van der Waals surface area contributed by atoms with Crippen LogP contribution in [0.1, 0.15) is 21.6 Å². The predicted molar refractivity (Wildman–Crippen MR) is 84.7 cm³/mol. The maximum atomic E-state index is 13.5. The SMILES string of the molecule is Cc1ccc(-n2ncc(C(=O)NCC(=O)NCC(F)(F)F)c2C(F)(F)F)cc1. The van der Waals surface area contributed by atoms with Crippen LogP contribution in [0.4, 0.5) is 26.3 Å². The number of benzene rings is 1. The number of nitrogens with one attached hydrogen (secondary N) is 2. The van der Waals surface area contributed by atoms with E-state index in [0.717, 1.165) is 5.56 Å². The number of alkyl halides is 6. The fourth-order valence-electron chi connectivity index (χ4n) is 2.19. The van der Waals surface area contributed by atoms with Crippen molar-refractivity contribution < 1.29 is 35.9 Å². The van der Waals surface area contributed by atoms with Crippen molar-refractivity contribution in [3.63, 3.8) is 0 Å². The Morgan fingerprint density at radius 3 is 2.18 bits per heavy atom. The summed E-state index contributed by atoms with van der Waals surface area (Å²) in [5, 5.41) is 6.92. The van der Waals surface area contributed by atoms with Gasteiger partial charge in [-0.05, 0) is 19.1 Å². The van der Waals surface area contributed by atoms with Crippen LogP contribution < -0.4 is 10.6 Å². The number of nitrogens with zero attached hydrogens (tertiary/aromatic N) is 2. The molecule has 2 N–H and O–H groups in total. The van der Waals surface area contributed by atoms with Gasteiger partial charge in [0.15, 0.2) is 5.69 Å². The maximum absolute atomic E-state index is 13.5. The topological polar surface area (TPSA) is 76.0 Å². The Kier molecular flexibility index (Phi) is 6.00. The average Bonchev–Trinajstić information content (AvgIpc) is 3.03. The average molecular weight is 408 g/mol. The van der Waals surface area contributed by atoms with Gasteiger partial charge in [-0.1, -0.05) is 17.7 Å². The third-order valence-electron chi connectivity index (χ3n) is 3.46. The molecule has 0 unspecified atom stereocenters. The zero-order valence-electron chi connectivity index (χ0n) is 14.3. The molecule has 2 aromatic rings. The Labute approximate surface area is 154 Å². The number of halogens is 6. The summed E-state index contributed by atoms with van der Waals surface area (Å²) < 4.78 is 77.0. The van der Waals surface area contributed by atoms with Crippen molar-refractivity contribution in [2.24, 2.45) is 0 Å². The lowest BCUT2D eigenvalue weighted by atomic mass is 10.2. The van der Waals surface area contributed by atoms with Gasteiger partial charge in [-0.2, -0.15) is 31.4 Å². The van der Waals surface area contributed by atoms with Crippen molar-refractivity contribution in [3.05, 3.63) is 47.3 Å². The number of aromatic nitrogens is 2. The molecule has 28 heavy (non-hydrogen) atoms. The van der Waals surface area contributed by atoms with Gasteiger partial charge in [0.1, 0.15) is 6.54 Å². The zero-order valence-corrected chi connectivity index (χ0v) is 14.3. The monoisotopic (exact) mass is 408 g/mol. The molecule has 0 aliphatic rings. The minimum Gasteiger partial charge on any atom is -0.345 e. The summed E-state index contributed by atoms with van der Waals surface area (Å²) >= 11 is 0. The van der Waals surface area contributed by atoms with Crippen molar-refractivity contribution in [2.45, 2.75) is 19.3 Å². The van der Waals surface area contributed by atoms with E-state index < -0.39 is 48.5 Å². The van der Waals surface area contributed by atoms with Crippen LogP contribution >= 0.6 is 0 Å². The molecule has 1 aromatic carbocycles. The molecule has 2 amide bonds. The Hall–Kier alpha value is -3.05. The third-order valence-corrected chi connectivity index (χ3v) is 3.46. The Bertz CT molecular complexity index is 855. The summed E-state index contributed by atoms with van der Waals surface area (Å²) in [6.07, 6.45) is -8.93. The van der Waals surface area contributed by atoms with Crippen LogP contribution in [0, 0.1) is 6.92 Å². The highest BCUT2D eigenvalue weighted by atomic mass is 19.4. The Morgan fingerprint density at radius 2 is 1.64 bits per heavy atom. The molecule has 0 aliphatic heterocycles.